The summed E-state index contributed by atoms with van der Waals surface area (Å²) in [5.41, 5.74) is 0. The smallest absolute Gasteiger partial charge is 0.331 e. The summed E-state index contributed by atoms with van der Waals surface area (Å²) in [7, 11) is 12.7. The Kier molecular flexibility index (Phi) is 54.5. The van der Waals surface area contributed by atoms with Gasteiger partial charge in [-0.1, -0.05) is 35.4 Å². The minimum absolute atomic E-state index is 0.0382. The monoisotopic (exact) mass is 676 g/mol. The maximum atomic E-state index is 11.5. The van der Waals surface area contributed by atoms with E-state index in [2.05, 4.69) is 36.5 Å². The van der Waals surface area contributed by atoms with Crippen molar-refractivity contribution in [1.82, 2.24) is 10.6 Å². The number of hydrogen-bond donors (Lipinski definition) is 2. The van der Waals surface area contributed by atoms with E-state index in [0.29, 0.717) is 38.0 Å². The standard InChI is InChI=1S/C12H23NO3S2.C6H13NO2.C4H8O3.2C4H10O/c1-3-8-17-18-9-6-11(14)5-4-7-13-12(15)10-16-2;1-3-4-7-6(8)5-9-2;1-6-3-4(5)7-2;2*1-4(2)5-3/h3-10H2,1-2H3,(H,13,15);3-5H2,1-2H3,(H,7,8);3H2,1-2H3;2*4H,1-3H3. The lowest BCUT2D eigenvalue weighted by molar-refractivity contribution is -0.144. The molecule has 2 N–H and O–H groups in total. The summed E-state index contributed by atoms with van der Waals surface area (Å²) in [5.74, 6) is 1.79. The fourth-order valence-corrected chi connectivity index (χ4v) is 3.97. The fraction of sp³-hybridized carbons (Fsp3) is 0.867. The molecule has 0 aromatic heterocycles. The van der Waals surface area contributed by atoms with Crippen molar-refractivity contribution in [1.29, 1.82) is 0 Å². The van der Waals surface area contributed by atoms with Crippen molar-refractivity contribution in [3.05, 3.63) is 0 Å². The molecule has 0 aromatic carbocycles. The molecule has 0 rings (SSSR count). The van der Waals surface area contributed by atoms with Crippen LogP contribution in [0.25, 0.3) is 0 Å². The summed E-state index contributed by atoms with van der Waals surface area (Å²) >= 11 is 0. The summed E-state index contributed by atoms with van der Waals surface area (Å²) in [4.78, 5) is 43.1. The molecule has 0 aliphatic rings. The number of methoxy groups -OCH3 is 6. The van der Waals surface area contributed by atoms with Crippen molar-refractivity contribution in [2.75, 3.05) is 87.1 Å². The molecule has 12 nitrogen and oxygen atoms in total. The number of carbonyl (C=O) groups is 4. The second-order valence-corrected chi connectivity index (χ2v) is 11.9. The number of hydrogen-bond acceptors (Lipinski definition) is 12. The van der Waals surface area contributed by atoms with Crippen LogP contribution in [0.3, 0.4) is 0 Å². The van der Waals surface area contributed by atoms with Gasteiger partial charge in [0.2, 0.25) is 11.8 Å². The molecule has 0 atom stereocenters. The molecule has 44 heavy (non-hydrogen) atoms. The number of rotatable bonds is 20. The molecule has 0 heterocycles. The molecule has 0 fully saturated rings. The van der Waals surface area contributed by atoms with Gasteiger partial charge in [0.1, 0.15) is 25.6 Å². The normalized spacial score (nSPS) is 9.59. The van der Waals surface area contributed by atoms with E-state index in [0.717, 1.165) is 24.5 Å². The number of carbonyl (C=O) groups excluding carboxylic acids is 4. The number of ether oxygens (including phenoxy) is 6. The zero-order chi connectivity index (χ0) is 35.0. The van der Waals surface area contributed by atoms with Gasteiger partial charge in [0.05, 0.1) is 19.3 Å². The third-order valence-electron chi connectivity index (χ3n) is 4.35. The average molecular weight is 677 g/mol. The molecule has 0 spiro atoms. The van der Waals surface area contributed by atoms with E-state index in [1.807, 2.05) is 45.4 Å². The molecule has 0 unspecified atom stereocenters. The van der Waals surface area contributed by atoms with Gasteiger partial charge in [0.25, 0.3) is 0 Å². The van der Waals surface area contributed by atoms with Gasteiger partial charge in [-0.15, -0.1) is 0 Å². The lowest BCUT2D eigenvalue weighted by Gasteiger charge is -2.04. The van der Waals surface area contributed by atoms with E-state index in [1.165, 1.54) is 34.9 Å². The lowest BCUT2D eigenvalue weighted by atomic mass is 10.2. The van der Waals surface area contributed by atoms with Gasteiger partial charge >= 0.3 is 5.97 Å². The molecule has 266 valence electrons. The Labute approximate surface area is 275 Å². The van der Waals surface area contributed by atoms with Gasteiger partial charge < -0.3 is 39.1 Å². The van der Waals surface area contributed by atoms with Gasteiger partial charge in [0.15, 0.2) is 0 Å². The Bertz CT molecular complexity index is 621. The van der Waals surface area contributed by atoms with Crippen molar-refractivity contribution >= 4 is 45.2 Å². The Balaban J connectivity index is -0.000000162. The van der Waals surface area contributed by atoms with E-state index in [9.17, 15) is 19.2 Å². The first-order chi connectivity index (χ1) is 20.9. The van der Waals surface area contributed by atoms with Crippen LogP contribution in [-0.4, -0.2) is 123 Å². The molecule has 0 bridgehead atoms. The van der Waals surface area contributed by atoms with Crippen LogP contribution in [0.15, 0.2) is 0 Å². The first-order valence-corrected chi connectivity index (χ1v) is 17.2. The van der Waals surface area contributed by atoms with Crippen molar-refractivity contribution in [3.63, 3.8) is 0 Å². The van der Waals surface area contributed by atoms with Crippen LogP contribution >= 0.6 is 21.6 Å². The summed E-state index contributed by atoms with van der Waals surface area (Å²) in [6.45, 7) is 13.7. The molecule has 0 saturated heterocycles. The van der Waals surface area contributed by atoms with Crippen LogP contribution < -0.4 is 10.6 Å². The SMILES string of the molecule is CCCNC(=O)COC.CCCSSCCC(=O)CCCNC(=O)COC.COC(C)C.COC(C)C.COCC(=O)OC. The third kappa shape index (κ3) is 63.7. The van der Waals surface area contributed by atoms with Gasteiger partial charge in [-0.3, -0.25) is 14.4 Å². The van der Waals surface area contributed by atoms with Crippen LogP contribution in [0.2, 0.25) is 0 Å². The summed E-state index contributed by atoms with van der Waals surface area (Å²) < 4.78 is 27.4. The van der Waals surface area contributed by atoms with Crippen molar-refractivity contribution in [3.8, 4) is 0 Å². The van der Waals surface area contributed by atoms with Crippen molar-refractivity contribution in [2.24, 2.45) is 0 Å². The Hall–Kier alpha value is -1.42. The number of amides is 2. The fourth-order valence-electron chi connectivity index (χ4n) is 1.80. The summed E-state index contributed by atoms with van der Waals surface area (Å²) in [5, 5.41) is 5.37. The summed E-state index contributed by atoms with van der Waals surface area (Å²) in [6.07, 6.45) is 4.80. The van der Waals surface area contributed by atoms with Crippen LogP contribution in [0.1, 0.15) is 73.6 Å². The maximum Gasteiger partial charge on any atom is 0.331 e. The topological polar surface area (TPSA) is 148 Å². The van der Waals surface area contributed by atoms with E-state index in [4.69, 9.17) is 9.47 Å². The number of ketones is 1. The number of nitrogens with one attached hydrogen (secondary N) is 2. The highest BCUT2D eigenvalue weighted by Crippen LogP contribution is 2.22. The van der Waals surface area contributed by atoms with Gasteiger partial charge in [-0.2, -0.15) is 0 Å². The second kappa shape index (κ2) is 46.0. The Morgan fingerprint density at radius 1 is 0.614 bits per heavy atom. The second-order valence-electron chi connectivity index (χ2n) is 9.18. The highest BCUT2D eigenvalue weighted by Gasteiger charge is 2.03. The maximum absolute atomic E-state index is 11.5. The highest BCUT2D eigenvalue weighted by molar-refractivity contribution is 8.76. The van der Waals surface area contributed by atoms with Crippen LogP contribution in [0.5, 0.6) is 0 Å². The number of Topliss-reactive ketones (excluding diaryl/α,β-unsaturated/α-hetero) is 1. The molecule has 0 radical (unpaired) electrons. The highest BCUT2D eigenvalue weighted by atomic mass is 33.1. The van der Waals surface area contributed by atoms with E-state index in [1.54, 1.807) is 25.0 Å². The predicted octanol–water partition coefficient (Wildman–Crippen LogP) is 4.33. The first kappa shape index (κ1) is 52.1. The minimum Gasteiger partial charge on any atom is -0.467 e. The van der Waals surface area contributed by atoms with Crippen molar-refractivity contribution in [2.45, 2.75) is 85.9 Å². The average Bonchev–Trinajstić information content (AvgIpc) is 2.99. The molecular weight excluding hydrogens is 612 g/mol. The number of esters is 1. The molecule has 14 heteroatoms. The van der Waals surface area contributed by atoms with Crippen LogP contribution in [0, 0.1) is 0 Å². The quantitative estimate of drug-likeness (QED) is 0.107. The van der Waals surface area contributed by atoms with Crippen molar-refractivity contribution < 1.29 is 47.6 Å². The molecular formula is C30H64N2O10S2. The molecule has 0 aromatic rings. The first-order valence-electron chi connectivity index (χ1n) is 14.8. The van der Waals surface area contributed by atoms with Crippen LogP contribution in [-0.2, 0) is 47.6 Å². The van der Waals surface area contributed by atoms with E-state index in [-0.39, 0.29) is 43.4 Å². The zero-order valence-corrected chi connectivity index (χ0v) is 31.2. The van der Waals surface area contributed by atoms with Crippen LogP contribution in [0.4, 0.5) is 0 Å². The summed E-state index contributed by atoms with van der Waals surface area (Å²) in [6, 6.07) is 0. The predicted molar refractivity (Wildman–Crippen MR) is 182 cm³/mol. The Morgan fingerprint density at radius 3 is 1.39 bits per heavy atom. The molecule has 0 aliphatic heterocycles. The molecule has 0 saturated carbocycles. The lowest BCUT2D eigenvalue weighted by Crippen LogP contribution is -2.28. The Morgan fingerprint density at radius 2 is 1.05 bits per heavy atom. The third-order valence-corrected chi connectivity index (χ3v) is 6.96. The van der Waals surface area contributed by atoms with E-state index >= 15 is 0 Å². The minimum atomic E-state index is -0.345. The largest absolute Gasteiger partial charge is 0.467 e. The molecule has 2 amide bonds. The van der Waals surface area contributed by atoms with Gasteiger partial charge in [-0.05, 0) is 47.0 Å². The van der Waals surface area contributed by atoms with Gasteiger partial charge in [-0.25, -0.2) is 4.79 Å². The zero-order valence-electron chi connectivity index (χ0n) is 29.5. The van der Waals surface area contributed by atoms with E-state index < -0.39 is 0 Å². The van der Waals surface area contributed by atoms with Gasteiger partial charge in [0, 0.05) is 73.0 Å². The molecule has 0 aliphatic carbocycles.